The van der Waals surface area contributed by atoms with Crippen LogP contribution in [0.3, 0.4) is 0 Å². The zero-order valence-electron chi connectivity index (χ0n) is 9.45. The number of pyridine rings is 1. The summed E-state index contributed by atoms with van der Waals surface area (Å²) in [6, 6.07) is 5.32. The minimum atomic E-state index is -0.659. The SMILES string of the molecule is Nc1cnc(NC(=O)c2cc(Cl)ccc2F)c(Br)c1. The molecule has 19 heavy (non-hydrogen) atoms. The minimum Gasteiger partial charge on any atom is -0.397 e. The quantitative estimate of drug-likeness (QED) is 0.876. The van der Waals surface area contributed by atoms with Crippen LogP contribution in [0.15, 0.2) is 34.9 Å². The third-order valence-corrected chi connectivity index (χ3v) is 3.11. The number of hydrogen-bond acceptors (Lipinski definition) is 3. The molecule has 0 unspecified atom stereocenters. The summed E-state index contributed by atoms with van der Waals surface area (Å²) in [5, 5.41) is 2.74. The molecule has 0 spiro atoms. The Hall–Kier alpha value is -1.66. The third-order valence-electron chi connectivity index (χ3n) is 2.27. The van der Waals surface area contributed by atoms with Crippen LogP contribution in [0, 0.1) is 5.82 Å². The lowest BCUT2D eigenvalue weighted by molar-refractivity contribution is 0.102. The first-order chi connectivity index (χ1) is 8.97. The van der Waals surface area contributed by atoms with Crippen molar-refractivity contribution in [1.82, 2.24) is 4.98 Å². The molecule has 1 amide bonds. The van der Waals surface area contributed by atoms with Crippen LogP contribution < -0.4 is 11.1 Å². The molecular formula is C12H8BrClFN3O. The molecule has 0 aliphatic carbocycles. The zero-order valence-corrected chi connectivity index (χ0v) is 11.8. The minimum absolute atomic E-state index is 0.155. The maximum absolute atomic E-state index is 13.5. The summed E-state index contributed by atoms with van der Waals surface area (Å²) in [5.41, 5.74) is 5.82. The van der Waals surface area contributed by atoms with Gasteiger partial charge in [-0.25, -0.2) is 9.37 Å². The highest BCUT2D eigenvalue weighted by molar-refractivity contribution is 9.10. The van der Waals surface area contributed by atoms with Crippen molar-refractivity contribution in [2.75, 3.05) is 11.1 Å². The number of nitrogens with two attached hydrogens (primary N) is 1. The molecule has 0 saturated carbocycles. The number of nitrogens with zero attached hydrogens (tertiary/aromatic N) is 1. The molecule has 0 radical (unpaired) electrons. The first kappa shape index (κ1) is 13.8. The van der Waals surface area contributed by atoms with Gasteiger partial charge in [-0.3, -0.25) is 4.79 Å². The molecule has 1 aromatic carbocycles. The molecule has 98 valence electrons. The van der Waals surface area contributed by atoms with Gasteiger partial charge in [0, 0.05) is 5.02 Å². The Labute approximate surface area is 121 Å². The molecule has 0 saturated heterocycles. The molecule has 2 aromatic rings. The summed E-state index contributed by atoms with van der Waals surface area (Å²) in [5.74, 6) is -1.05. The monoisotopic (exact) mass is 343 g/mol. The lowest BCUT2D eigenvalue weighted by Crippen LogP contribution is -2.15. The van der Waals surface area contributed by atoms with E-state index in [1.807, 2.05) is 0 Å². The number of benzene rings is 1. The number of carbonyl (C=O) groups excluding carboxylic acids is 1. The van der Waals surface area contributed by atoms with Crippen molar-refractivity contribution in [3.63, 3.8) is 0 Å². The number of nitrogen functional groups attached to an aromatic ring is 1. The van der Waals surface area contributed by atoms with Gasteiger partial charge in [0.05, 0.1) is 21.9 Å². The van der Waals surface area contributed by atoms with E-state index in [0.29, 0.717) is 10.2 Å². The van der Waals surface area contributed by atoms with Crippen molar-refractivity contribution in [3.05, 3.63) is 51.3 Å². The second-order valence-corrected chi connectivity index (χ2v) is 4.97. The second-order valence-electron chi connectivity index (χ2n) is 3.68. The number of amides is 1. The summed E-state index contributed by atoms with van der Waals surface area (Å²) >= 11 is 8.93. The van der Waals surface area contributed by atoms with Crippen LogP contribution in [0.25, 0.3) is 0 Å². The highest BCUT2D eigenvalue weighted by Crippen LogP contribution is 2.23. The third kappa shape index (κ3) is 3.21. The fourth-order valence-corrected chi connectivity index (χ4v) is 2.03. The van der Waals surface area contributed by atoms with E-state index in [0.717, 1.165) is 6.07 Å². The van der Waals surface area contributed by atoms with Crippen LogP contribution in [0.5, 0.6) is 0 Å². The van der Waals surface area contributed by atoms with Crippen LogP contribution >= 0.6 is 27.5 Å². The second kappa shape index (κ2) is 5.54. The summed E-state index contributed by atoms with van der Waals surface area (Å²) in [7, 11) is 0. The Morgan fingerprint density at radius 2 is 2.16 bits per heavy atom. The summed E-state index contributed by atoms with van der Waals surface area (Å²) in [6.45, 7) is 0. The maximum Gasteiger partial charge on any atom is 0.259 e. The van der Waals surface area contributed by atoms with Gasteiger partial charge in [-0.2, -0.15) is 0 Å². The molecule has 0 atom stereocenters. The van der Waals surface area contributed by atoms with E-state index in [1.165, 1.54) is 18.3 Å². The Bertz CT molecular complexity index is 651. The van der Waals surface area contributed by atoms with Crippen LogP contribution in [-0.2, 0) is 0 Å². The van der Waals surface area contributed by atoms with Gasteiger partial charge >= 0.3 is 0 Å². The molecule has 0 fully saturated rings. The summed E-state index contributed by atoms with van der Waals surface area (Å²) < 4.78 is 14.0. The van der Waals surface area contributed by atoms with E-state index >= 15 is 0 Å². The molecule has 0 aliphatic rings. The zero-order chi connectivity index (χ0) is 14.0. The van der Waals surface area contributed by atoms with Gasteiger partial charge in [-0.05, 0) is 40.2 Å². The average Bonchev–Trinajstić information content (AvgIpc) is 2.35. The number of nitrogens with one attached hydrogen (secondary N) is 1. The van der Waals surface area contributed by atoms with Crippen molar-refractivity contribution in [1.29, 1.82) is 0 Å². The highest BCUT2D eigenvalue weighted by atomic mass is 79.9. The van der Waals surface area contributed by atoms with Crippen molar-refractivity contribution in [2.45, 2.75) is 0 Å². The Morgan fingerprint density at radius 3 is 2.84 bits per heavy atom. The molecule has 0 aliphatic heterocycles. The lowest BCUT2D eigenvalue weighted by Gasteiger charge is -2.08. The van der Waals surface area contributed by atoms with E-state index < -0.39 is 11.7 Å². The number of halogens is 3. The molecule has 2 rings (SSSR count). The Kier molecular flexibility index (Phi) is 4.01. The van der Waals surface area contributed by atoms with Gasteiger partial charge < -0.3 is 11.1 Å². The van der Waals surface area contributed by atoms with Crippen LogP contribution in [0.4, 0.5) is 15.9 Å². The number of carbonyl (C=O) groups is 1. The topological polar surface area (TPSA) is 68.0 Å². The molecule has 0 bridgehead atoms. The molecule has 3 N–H and O–H groups in total. The normalized spacial score (nSPS) is 10.3. The molecule has 1 aromatic heterocycles. The molecule has 7 heteroatoms. The fraction of sp³-hybridized carbons (Fsp3) is 0. The van der Waals surface area contributed by atoms with E-state index in [1.54, 1.807) is 6.07 Å². The largest absolute Gasteiger partial charge is 0.397 e. The van der Waals surface area contributed by atoms with Gasteiger partial charge in [0.15, 0.2) is 0 Å². The Morgan fingerprint density at radius 1 is 1.42 bits per heavy atom. The predicted molar refractivity (Wildman–Crippen MR) is 75.7 cm³/mol. The summed E-state index contributed by atoms with van der Waals surface area (Å²) in [4.78, 5) is 15.9. The van der Waals surface area contributed by atoms with Crippen molar-refractivity contribution >= 4 is 44.9 Å². The van der Waals surface area contributed by atoms with Crippen molar-refractivity contribution < 1.29 is 9.18 Å². The van der Waals surface area contributed by atoms with Crippen LogP contribution in [-0.4, -0.2) is 10.9 Å². The van der Waals surface area contributed by atoms with E-state index in [9.17, 15) is 9.18 Å². The lowest BCUT2D eigenvalue weighted by atomic mass is 10.2. The van der Waals surface area contributed by atoms with Crippen LogP contribution in [0.1, 0.15) is 10.4 Å². The van der Waals surface area contributed by atoms with Gasteiger partial charge in [0.2, 0.25) is 0 Å². The fourth-order valence-electron chi connectivity index (χ4n) is 1.39. The first-order valence-corrected chi connectivity index (χ1v) is 6.32. The number of rotatable bonds is 2. The number of anilines is 2. The van der Waals surface area contributed by atoms with Gasteiger partial charge in [0.25, 0.3) is 5.91 Å². The number of hydrogen-bond donors (Lipinski definition) is 2. The van der Waals surface area contributed by atoms with Crippen molar-refractivity contribution in [2.24, 2.45) is 0 Å². The standard InChI is InChI=1S/C12H8BrClFN3O/c13-9-4-7(16)5-17-11(9)18-12(19)8-3-6(14)1-2-10(8)15/h1-5H,16H2,(H,17,18,19). The van der Waals surface area contributed by atoms with Crippen LogP contribution in [0.2, 0.25) is 5.02 Å². The molecule has 4 nitrogen and oxygen atoms in total. The number of aromatic nitrogens is 1. The van der Waals surface area contributed by atoms with Gasteiger partial charge in [-0.15, -0.1) is 0 Å². The molecular weight excluding hydrogens is 337 g/mol. The maximum atomic E-state index is 13.5. The predicted octanol–water partition coefficient (Wildman–Crippen LogP) is 3.47. The first-order valence-electron chi connectivity index (χ1n) is 5.15. The smallest absolute Gasteiger partial charge is 0.259 e. The van der Waals surface area contributed by atoms with E-state index in [2.05, 4.69) is 26.2 Å². The van der Waals surface area contributed by atoms with E-state index in [4.69, 9.17) is 17.3 Å². The molecule has 1 heterocycles. The average molecular weight is 345 g/mol. The van der Waals surface area contributed by atoms with Crippen molar-refractivity contribution in [3.8, 4) is 0 Å². The highest BCUT2D eigenvalue weighted by Gasteiger charge is 2.14. The summed E-state index contributed by atoms with van der Waals surface area (Å²) in [6.07, 6.45) is 1.38. The van der Waals surface area contributed by atoms with Gasteiger partial charge in [0.1, 0.15) is 11.6 Å². The van der Waals surface area contributed by atoms with E-state index in [-0.39, 0.29) is 16.4 Å². The Balaban J connectivity index is 2.28. The van der Waals surface area contributed by atoms with Gasteiger partial charge in [-0.1, -0.05) is 11.6 Å².